The van der Waals surface area contributed by atoms with Crippen LogP contribution in [0.5, 0.6) is 0 Å². The minimum Gasteiger partial charge on any atom is -0.675 e. The van der Waals surface area contributed by atoms with Gasteiger partial charge in [0.2, 0.25) is 0 Å². The summed E-state index contributed by atoms with van der Waals surface area (Å²) in [5.74, 6) is 0.619. The molecule has 2 aromatic heterocycles. The van der Waals surface area contributed by atoms with Crippen LogP contribution in [-0.4, -0.2) is 0 Å². The van der Waals surface area contributed by atoms with Gasteiger partial charge in [0.1, 0.15) is 12.3 Å². The molecule has 7 nitrogen and oxygen atoms in total. The van der Waals surface area contributed by atoms with Crippen LogP contribution < -0.4 is 20.7 Å². The highest BCUT2D eigenvalue weighted by molar-refractivity contribution is 5.32. The first-order chi connectivity index (χ1) is 7.68. The van der Waals surface area contributed by atoms with Crippen molar-refractivity contribution in [3.8, 4) is 0 Å². The first-order valence-electron chi connectivity index (χ1n) is 4.56. The topological polar surface area (TPSA) is 105 Å². The van der Waals surface area contributed by atoms with Crippen molar-refractivity contribution in [3.63, 3.8) is 0 Å². The van der Waals surface area contributed by atoms with Crippen LogP contribution in [0.25, 0.3) is 0 Å². The van der Waals surface area contributed by atoms with E-state index in [2.05, 4.69) is 5.32 Å². The molecule has 0 aromatic carbocycles. The van der Waals surface area contributed by atoms with E-state index in [4.69, 9.17) is 10.2 Å². The molecule has 0 radical (unpaired) electrons. The van der Waals surface area contributed by atoms with Crippen LogP contribution in [0, 0.1) is 10.4 Å². The lowest BCUT2D eigenvalue weighted by Crippen LogP contribution is -2.62. The third-order valence-corrected chi connectivity index (χ3v) is 2.03. The van der Waals surface area contributed by atoms with Crippen molar-refractivity contribution in [1.29, 1.82) is 0 Å². The fourth-order valence-corrected chi connectivity index (χ4v) is 1.21. The monoisotopic (exact) mass is 222 g/mol. The predicted octanol–water partition coefficient (Wildman–Crippen LogP) is -0.259. The summed E-state index contributed by atoms with van der Waals surface area (Å²) in [6.07, 6.45) is 1.53. The van der Waals surface area contributed by atoms with Crippen molar-refractivity contribution >= 4 is 11.6 Å². The second-order valence-corrected chi connectivity index (χ2v) is 3.12. The summed E-state index contributed by atoms with van der Waals surface area (Å²) in [5.41, 5.74) is 5.26. The van der Waals surface area contributed by atoms with E-state index in [1.807, 2.05) is 0 Å². The van der Waals surface area contributed by atoms with Gasteiger partial charge in [0.25, 0.3) is 0 Å². The van der Waals surface area contributed by atoms with Crippen LogP contribution >= 0.6 is 0 Å². The van der Waals surface area contributed by atoms with E-state index in [1.165, 1.54) is 18.4 Å². The summed E-state index contributed by atoms with van der Waals surface area (Å²) in [6, 6.07) is 6.27. The normalized spacial score (nSPS) is 10.2. The highest BCUT2D eigenvalue weighted by Gasteiger charge is 2.11. The zero-order chi connectivity index (χ0) is 11.5. The molecule has 0 spiro atoms. The van der Waals surface area contributed by atoms with Crippen LogP contribution in [0.2, 0.25) is 0 Å². The Labute approximate surface area is 90.9 Å². The Morgan fingerprint density at radius 2 is 2.06 bits per heavy atom. The second-order valence-electron chi connectivity index (χ2n) is 3.12. The van der Waals surface area contributed by atoms with Gasteiger partial charge in [0.15, 0.2) is 0 Å². The molecule has 0 aliphatic heterocycles. The lowest BCUT2D eigenvalue weighted by Gasteiger charge is -2.12. The summed E-state index contributed by atoms with van der Waals surface area (Å²) in [6.45, 7) is 0.319. The molecule has 0 aliphatic carbocycles. The van der Waals surface area contributed by atoms with Crippen molar-refractivity contribution in [2.75, 3.05) is 11.1 Å². The molecule has 0 amide bonds. The van der Waals surface area contributed by atoms with E-state index in [-0.39, 0.29) is 21.3 Å². The van der Waals surface area contributed by atoms with E-state index in [0.29, 0.717) is 12.3 Å². The molecular weight excluding hydrogens is 212 g/mol. The number of nitrogens with one attached hydrogen (secondary N) is 1. The first kappa shape index (κ1) is 10.1. The molecule has 0 unspecified atom stereocenters. The van der Waals surface area contributed by atoms with E-state index >= 15 is 0 Å². The highest BCUT2D eigenvalue weighted by atomic mass is 16.6. The number of rotatable bonds is 3. The van der Waals surface area contributed by atoms with E-state index < -0.39 is 0 Å². The van der Waals surface area contributed by atoms with Gasteiger partial charge >= 0.3 is 11.6 Å². The van der Waals surface area contributed by atoms with E-state index in [9.17, 15) is 10.4 Å². The molecule has 2 heterocycles. The maximum Gasteiger partial charge on any atom is 0.316 e. The summed E-state index contributed by atoms with van der Waals surface area (Å²) in [7, 11) is 0. The standard InChI is InChI=1S/C9H10N4O3/c10-8-3-4-9(13(15)12(8)14)11-6-7-2-1-5-16-7/h1-5,11H,6,10H2. The Balaban J connectivity index is 2.13. The van der Waals surface area contributed by atoms with Crippen molar-refractivity contribution in [1.82, 2.24) is 0 Å². The van der Waals surface area contributed by atoms with Gasteiger partial charge in [-0.3, -0.25) is 11.1 Å². The van der Waals surface area contributed by atoms with Gasteiger partial charge in [0.05, 0.1) is 6.26 Å². The average molecular weight is 222 g/mol. The molecule has 0 bridgehead atoms. The summed E-state index contributed by atoms with van der Waals surface area (Å²) in [4.78, 5) is 0.197. The number of furan rings is 1. The van der Waals surface area contributed by atoms with Crippen LogP contribution in [0.4, 0.5) is 11.6 Å². The van der Waals surface area contributed by atoms with Crippen molar-refractivity contribution in [2.24, 2.45) is 0 Å². The molecule has 0 aliphatic rings. The van der Waals surface area contributed by atoms with Crippen molar-refractivity contribution < 1.29 is 14.1 Å². The molecule has 0 saturated heterocycles. The summed E-state index contributed by atoms with van der Waals surface area (Å²) < 4.78 is 5.07. The van der Waals surface area contributed by atoms with Crippen LogP contribution in [0.1, 0.15) is 5.76 Å². The minimum atomic E-state index is -0.154. The van der Waals surface area contributed by atoms with Gasteiger partial charge in [-0.15, -0.1) is 0 Å². The molecule has 84 valence electrons. The maximum absolute atomic E-state index is 11.3. The molecular formula is C9H10N4O3. The van der Waals surface area contributed by atoms with Crippen molar-refractivity contribution in [2.45, 2.75) is 6.54 Å². The van der Waals surface area contributed by atoms with Gasteiger partial charge < -0.3 is 14.8 Å². The fraction of sp³-hybridized carbons (Fsp3) is 0.111. The number of nitrogens with zero attached hydrogens (tertiary/aromatic N) is 2. The van der Waals surface area contributed by atoms with Gasteiger partial charge in [-0.2, -0.15) is 0 Å². The molecule has 16 heavy (non-hydrogen) atoms. The molecule has 0 saturated carbocycles. The van der Waals surface area contributed by atoms with Gasteiger partial charge in [0, 0.05) is 12.1 Å². The highest BCUT2D eigenvalue weighted by Crippen LogP contribution is 2.04. The van der Waals surface area contributed by atoms with Crippen LogP contribution in [0.15, 0.2) is 34.9 Å². The molecule has 2 aromatic rings. The number of nitrogens with two attached hydrogens (primary N) is 1. The lowest BCUT2D eigenvalue weighted by molar-refractivity contribution is -1.17. The quantitative estimate of drug-likeness (QED) is 0.549. The third kappa shape index (κ3) is 1.83. The fourth-order valence-electron chi connectivity index (χ4n) is 1.21. The summed E-state index contributed by atoms with van der Waals surface area (Å²) in [5, 5.41) is 25.2. The Morgan fingerprint density at radius 1 is 1.25 bits per heavy atom. The number of hydrogen-bond acceptors (Lipinski definition) is 5. The number of nitrogen functional groups attached to an aromatic ring is 1. The molecule has 3 N–H and O–H groups in total. The smallest absolute Gasteiger partial charge is 0.316 e. The minimum absolute atomic E-state index is 0.0600. The van der Waals surface area contributed by atoms with E-state index in [1.54, 1.807) is 12.1 Å². The predicted molar refractivity (Wildman–Crippen MR) is 54.8 cm³/mol. The Kier molecular flexibility index (Phi) is 2.50. The van der Waals surface area contributed by atoms with Gasteiger partial charge in [-0.05, 0) is 12.1 Å². The third-order valence-electron chi connectivity index (χ3n) is 2.03. The average Bonchev–Trinajstić information content (AvgIpc) is 2.78. The van der Waals surface area contributed by atoms with Gasteiger partial charge in [-0.1, -0.05) is 9.69 Å². The number of aromatic nitrogens is 2. The zero-order valence-corrected chi connectivity index (χ0v) is 8.29. The molecule has 0 fully saturated rings. The zero-order valence-electron chi connectivity index (χ0n) is 8.29. The van der Waals surface area contributed by atoms with E-state index in [0.717, 1.165) is 0 Å². The molecule has 7 heteroatoms. The van der Waals surface area contributed by atoms with Crippen molar-refractivity contribution in [3.05, 3.63) is 46.7 Å². The largest absolute Gasteiger partial charge is 0.675 e. The number of anilines is 2. The van der Waals surface area contributed by atoms with Crippen LogP contribution in [0.3, 0.4) is 0 Å². The SMILES string of the molecule is Nc1ccc(NCc2ccco2)[n+]([O-])[n+]1[O-]. The lowest BCUT2D eigenvalue weighted by atomic mass is 10.4. The summed E-state index contributed by atoms with van der Waals surface area (Å²) >= 11 is 0. The first-order valence-corrected chi connectivity index (χ1v) is 4.56. The Bertz CT molecular complexity index is 484. The molecule has 2 rings (SSSR count). The maximum atomic E-state index is 11.3. The van der Waals surface area contributed by atoms with Gasteiger partial charge in [-0.25, -0.2) is 0 Å². The second kappa shape index (κ2) is 3.97. The Morgan fingerprint density at radius 3 is 2.75 bits per heavy atom. The molecule has 0 atom stereocenters. The van der Waals surface area contributed by atoms with Crippen LogP contribution in [-0.2, 0) is 6.54 Å². The number of hydrogen-bond donors (Lipinski definition) is 2. The Hall–Kier alpha value is -2.44.